The Morgan fingerprint density at radius 2 is 1.62 bits per heavy atom. The van der Waals surface area contributed by atoms with Gasteiger partial charge in [0.15, 0.2) is 4.80 Å². The standard InChI is InChI=1S/C37H29FI2N2O5S/c1-3-45-26-16-14-24(15-17-26)33-31(36(44)46-4-2)32(23-10-6-5-7-11-23)41-37-42(33)35(43)30(48-37)20-22-18-28(39)34(29(40)19-22)47-21-25-12-8-9-13-27(25)38/h5-20,33H,3-4,21H2,1-2H3/b30-20-/t33-/m1/s1. The summed E-state index contributed by atoms with van der Waals surface area (Å²) < 4.78 is 35.1. The maximum Gasteiger partial charge on any atom is 0.338 e. The number of hydrogen-bond acceptors (Lipinski definition) is 7. The maximum atomic E-state index is 14.3. The summed E-state index contributed by atoms with van der Waals surface area (Å²) in [6, 6.07) is 26.4. The molecule has 0 spiro atoms. The van der Waals surface area contributed by atoms with Crippen LogP contribution in [0.1, 0.15) is 42.1 Å². The molecule has 0 saturated carbocycles. The fraction of sp³-hybridized carbons (Fsp3) is 0.162. The van der Waals surface area contributed by atoms with Crippen molar-refractivity contribution in [3.05, 3.63) is 151 Å². The van der Waals surface area contributed by atoms with Crippen LogP contribution in [0.3, 0.4) is 0 Å². The molecular formula is C37H29FI2N2O5S. The molecule has 5 aromatic rings. The van der Waals surface area contributed by atoms with Gasteiger partial charge in [-0.3, -0.25) is 9.36 Å². The number of aromatic nitrogens is 1. The van der Waals surface area contributed by atoms with Gasteiger partial charge in [0.2, 0.25) is 0 Å². The molecule has 0 saturated heterocycles. The van der Waals surface area contributed by atoms with Crippen molar-refractivity contribution < 1.29 is 23.4 Å². The van der Waals surface area contributed by atoms with Gasteiger partial charge in [0.1, 0.15) is 23.9 Å². The lowest BCUT2D eigenvalue weighted by atomic mass is 9.93. The Labute approximate surface area is 307 Å². The molecule has 1 aliphatic heterocycles. The minimum absolute atomic E-state index is 0.0920. The Kier molecular flexibility index (Phi) is 10.8. The molecule has 1 atom stereocenters. The molecule has 0 bridgehead atoms. The number of carbonyl (C=O) groups excluding carboxylic acids is 1. The van der Waals surface area contributed by atoms with Gasteiger partial charge in [0.05, 0.1) is 42.2 Å². The number of halogens is 3. The second-order valence-corrected chi connectivity index (χ2v) is 14.0. The van der Waals surface area contributed by atoms with Crippen LogP contribution >= 0.6 is 56.5 Å². The van der Waals surface area contributed by atoms with Crippen molar-refractivity contribution in [3.63, 3.8) is 0 Å². The van der Waals surface area contributed by atoms with Crippen LogP contribution in [0.25, 0.3) is 11.8 Å². The van der Waals surface area contributed by atoms with Crippen LogP contribution < -0.4 is 24.4 Å². The number of nitrogens with zero attached hydrogens (tertiary/aromatic N) is 2. The van der Waals surface area contributed by atoms with Gasteiger partial charge in [-0.1, -0.05) is 72.0 Å². The third-order valence-electron chi connectivity index (χ3n) is 7.53. The van der Waals surface area contributed by atoms with Gasteiger partial charge in [-0.15, -0.1) is 0 Å². The summed E-state index contributed by atoms with van der Waals surface area (Å²) in [6.45, 7) is 4.43. The molecule has 0 radical (unpaired) electrons. The van der Waals surface area contributed by atoms with E-state index in [2.05, 4.69) is 45.2 Å². The molecule has 48 heavy (non-hydrogen) atoms. The summed E-state index contributed by atoms with van der Waals surface area (Å²) in [5.74, 6) is 0.465. The monoisotopic (exact) mass is 886 g/mol. The van der Waals surface area contributed by atoms with Crippen LogP contribution in [-0.4, -0.2) is 23.8 Å². The van der Waals surface area contributed by atoms with Gasteiger partial charge in [-0.25, -0.2) is 14.2 Å². The number of fused-ring (bicyclic) bond motifs is 1. The molecule has 6 rings (SSSR count). The van der Waals surface area contributed by atoms with Gasteiger partial charge in [-0.2, -0.15) is 0 Å². The Bertz CT molecular complexity index is 2170. The highest BCUT2D eigenvalue weighted by Crippen LogP contribution is 2.36. The van der Waals surface area contributed by atoms with Crippen LogP contribution in [0, 0.1) is 13.0 Å². The lowest BCUT2D eigenvalue weighted by Gasteiger charge is -2.26. The topological polar surface area (TPSA) is 79.1 Å². The average Bonchev–Trinajstić information content (AvgIpc) is 3.39. The van der Waals surface area contributed by atoms with Crippen LogP contribution in [0.5, 0.6) is 11.5 Å². The lowest BCUT2D eigenvalue weighted by molar-refractivity contribution is -0.138. The first-order chi connectivity index (χ1) is 23.3. The molecule has 2 heterocycles. The lowest BCUT2D eigenvalue weighted by Crippen LogP contribution is -2.40. The molecule has 0 amide bonds. The third-order valence-corrected chi connectivity index (χ3v) is 10.1. The van der Waals surface area contributed by atoms with E-state index in [4.69, 9.17) is 19.2 Å². The van der Waals surface area contributed by atoms with Crippen LogP contribution in [0.15, 0.2) is 106 Å². The van der Waals surface area contributed by atoms with Crippen molar-refractivity contribution in [2.45, 2.75) is 26.5 Å². The minimum Gasteiger partial charge on any atom is -0.494 e. The van der Waals surface area contributed by atoms with Gasteiger partial charge in [0.25, 0.3) is 5.56 Å². The zero-order chi connectivity index (χ0) is 33.8. The smallest absolute Gasteiger partial charge is 0.338 e. The minimum atomic E-state index is -0.789. The number of benzene rings is 4. The molecule has 1 aliphatic rings. The molecule has 4 aromatic carbocycles. The predicted molar refractivity (Wildman–Crippen MR) is 201 cm³/mol. The molecule has 11 heteroatoms. The average molecular weight is 887 g/mol. The van der Waals surface area contributed by atoms with E-state index in [1.165, 1.54) is 17.4 Å². The zero-order valence-corrected chi connectivity index (χ0v) is 31.0. The summed E-state index contributed by atoms with van der Waals surface area (Å²) in [7, 11) is 0. The quantitative estimate of drug-likeness (QED) is 0.109. The molecule has 0 N–H and O–H groups in total. The van der Waals surface area contributed by atoms with E-state index in [0.29, 0.717) is 38.7 Å². The summed E-state index contributed by atoms with van der Waals surface area (Å²) >= 11 is 5.63. The van der Waals surface area contributed by atoms with E-state index in [1.54, 1.807) is 29.7 Å². The zero-order valence-electron chi connectivity index (χ0n) is 25.9. The molecule has 1 aromatic heterocycles. The van der Waals surface area contributed by atoms with E-state index in [-0.39, 0.29) is 30.2 Å². The largest absolute Gasteiger partial charge is 0.494 e. The summed E-state index contributed by atoms with van der Waals surface area (Å²) in [6.07, 6.45) is 1.82. The number of thiazole rings is 1. The fourth-order valence-corrected chi connectivity index (χ4v) is 8.51. The highest BCUT2D eigenvalue weighted by molar-refractivity contribution is 14.1. The summed E-state index contributed by atoms with van der Waals surface area (Å²) in [5, 5.41) is 0. The van der Waals surface area contributed by atoms with Crippen LogP contribution in [-0.2, 0) is 16.1 Å². The van der Waals surface area contributed by atoms with Gasteiger partial charge in [-0.05, 0) is 107 Å². The van der Waals surface area contributed by atoms with Crippen LogP contribution in [0.2, 0.25) is 0 Å². The first kappa shape index (κ1) is 34.1. The SMILES string of the molecule is CCOC(=O)C1=C(c2ccccc2)N=c2s/c(=C\c3cc(I)c(OCc4ccccc4F)c(I)c3)c(=O)n2[C@@H]1c1ccc(OCC)cc1. The van der Waals surface area contributed by atoms with Crippen molar-refractivity contribution in [1.29, 1.82) is 0 Å². The number of carbonyl (C=O) groups is 1. The molecule has 244 valence electrons. The van der Waals surface area contributed by atoms with Crippen molar-refractivity contribution in [1.82, 2.24) is 4.57 Å². The van der Waals surface area contributed by atoms with E-state index in [1.807, 2.05) is 79.7 Å². The molecule has 7 nitrogen and oxygen atoms in total. The van der Waals surface area contributed by atoms with Crippen molar-refractivity contribution >= 4 is 74.3 Å². The normalized spacial score (nSPS) is 14.4. The Hall–Kier alpha value is -3.82. The maximum absolute atomic E-state index is 14.3. The highest BCUT2D eigenvalue weighted by Gasteiger charge is 2.35. The van der Waals surface area contributed by atoms with Crippen molar-refractivity contribution in [2.24, 2.45) is 4.99 Å². The number of ether oxygens (including phenoxy) is 3. The first-order valence-electron chi connectivity index (χ1n) is 15.2. The fourth-order valence-electron chi connectivity index (χ4n) is 5.39. The number of esters is 1. The Morgan fingerprint density at radius 1 is 0.938 bits per heavy atom. The van der Waals surface area contributed by atoms with Crippen molar-refractivity contribution in [3.8, 4) is 11.5 Å². The first-order valence-corrected chi connectivity index (χ1v) is 18.1. The summed E-state index contributed by atoms with van der Waals surface area (Å²) in [5.41, 5.74) is 3.18. The number of rotatable bonds is 10. The summed E-state index contributed by atoms with van der Waals surface area (Å²) in [4.78, 5) is 33.4. The number of hydrogen-bond donors (Lipinski definition) is 0. The van der Waals surface area contributed by atoms with Crippen LogP contribution in [0.4, 0.5) is 4.39 Å². The van der Waals surface area contributed by atoms with E-state index < -0.39 is 12.0 Å². The predicted octanol–water partition coefficient (Wildman–Crippen LogP) is 7.26. The molecule has 0 unspecified atom stereocenters. The van der Waals surface area contributed by atoms with E-state index in [9.17, 15) is 14.0 Å². The second-order valence-electron chi connectivity index (χ2n) is 10.6. The Balaban J connectivity index is 1.48. The van der Waals surface area contributed by atoms with Gasteiger partial charge < -0.3 is 14.2 Å². The molecule has 0 aliphatic carbocycles. The van der Waals surface area contributed by atoms with Gasteiger partial charge in [0, 0.05) is 11.1 Å². The molecule has 0 fully saturated rings. The van der Waals surface area contributed by atoms with E-state index >= 15 is 0 Å². The van der Waals surface area contributed by atoms with Crippen molar-refractivity contribution in [2.75, 3.05) is 13.2 Å². The highest BCUT2D eigenvalue weighted by atomic mass is 127. The molecular weight excluding hydrogens is 857 g/mol. The van der Waals surface area contributed by atoms with Gasteiger partial charge >= 0.3 is 5.97 Å². The Morgan fingerprint density at radius 3 is 2.29 bits per heavy atom. The van der Waals surface area contributed by atoms with E-state index in [0.717, 1.165) is 23.8 Å². The third kappa shape index (κ3) is 7.13. The second kappa shape index (κ2) is 15.2.